The highest BCUT2D eigenvalue weighted by Crippen LogP contribution is 2.26. The van der Waals surface area contributed by atoms with Crippen molar-refractivity contribution in [2.24, 2.45) is 16.8 Å². The van der Waals surface area contributed by atoms with Gasteiger partial charge in [0.25, 0.3) is 0 Å². The number of piperidine rings is 1. The number of carbonyl (C=O) groups excluding carboxylic acids is 1. The van der Waals surface area contributed by atoms with Crippen LogP contribution < -0.4 is 10.6 Å². The van der Waals surface area contributed by atoms with Crippen molar-refractivity contribution in [3.8, 4) is 0 Å². The smallest absolute Gasteiger partial charge is 0.227 e. The lowest BCUT2D eigenvalue weighted by atomic mass is 9.99. The summed E-state index contributed by atoms with van der Waals surface area (Å²) in [6.07, 6.45) is 6.86. The highest BCUT2D eigenvalue weighted by molar-refractivity contribution is 14.0. The first-order valence-corrected chi connectivity index (χ1v) is 10.0. The summed E-state index contributed by atoms with van der Waals surface area (Å²) in [7, 11) is 1.85. The quantitative estimate of drug-likeness (QED) is 0.382. The van der Waals surface area contributed by atoms with Crippen molar-refractivity contribution in [1.29, 1.82) is 0 Å². The summed E-state index contributed by atoms with van der Waals surface area (Å²) in [5, 5.41) is 6.56. The molecule has 1 aromatic rings. The number of amides is 1. The Labute approximate surface area is 180 Å². The standard InChI is InChI=1S/C21H32N4O.HI/c1-16-10-12-25(13-11-16)21(22-2)23-15-17-6-5-9-19(14-17)24-20(26)18-7-3-4-8-18;/h5-6,9,14,16,18H,3-4,7-8,10-13,15H2,1-2H3,(H,22,23)(H,24,26);1H. The Hall–Kier alpha value is -1.31. The van der Waals surface area contributed by atoms with Crippen molar-refractivity contribution in [3.05, 3.63) is 29.8 Å². The number of rotatable bonds is 4. The second-order valence-corrected chi connectivity index (χ2v) is 7.74. The van der Waals surface area contributed by atoms with Crippen LogP contribution in [0.25, 0.3) is 0 Å². The molecular formula is C21H33IN4O. The molecule has 0 aromatic heterocycles. The molecule has 6 heteroatoms. The van der Waals surface area contributed by atoms with Gasteiger partial charge in [0.15, 0.2) is 5.96 Å². The van der Waals surface area contributed by atoms with E-state index in [0.29, 0.717) is 6.54 Å². The van der Waals surface area contributed by atoms with E-state index >= 15 is 0 Å². The number of nitrogens with one attached hydrogen (secondary N) is 2. The molecule has 1 aromatic carbocycles. The fraction of sp³-hybridized carbons (Fsp3) is 0.619. The van der Waals surface area contributed by atoms with Crippen molar-refractivity contribution >= 4 is 41.5 Å². The van der Waals surface area contributed by atoms with Crippen molar-refractivity contribution < 1.29 is 4.79 Å². The molecule has 0 radical (unpaired) electrons. The van der Waals surface area contributed by atoms with Gasteiger partial charge >= 0.3 is 0 Å². The molecule has 0 unspecified atom stereocenters. The van der Waals surface area contributed by atoms with E-state index in [0.717, 1.165) is 49.1 Å². The minimum atomic E-state index is 0. The SMILES string of the molecule is CN=C(NCc1cccc(NC(=O)C2CCCC2)c1)N1CCC(C)CC1.I. The molecule has 2 fully saturated rings. The van der Waals surface area contributed by atoms with Gasteiger partial charge < -0.3 is 15.5 Å². The number of hydrogen-bond donors (Lipinski definition) is 2. The third-order valence-corrected chi connectivity index (χ3v) is 5.67. The lowest BCUT2D eigenvalue weighted by molar-refractivity contribution is -0.119. The van der Waals surface area contributed by atoms with Crippen LogP contribution in [0, 0.1) is 11.8 Å². The maximum Gasteiger partial charge on any atom is 0.227 e. The van der Waals surface area contributed by atoms with E-state index in [4.69, 9.17) is 0 Å². The van der Waals surface area contributed by atoms with Crippen LogP contribution in [0.15, 0.2) is 29.3 Å². The molecule has 1 saturated heterocycles. The van der Waals surface area contributed by atoms with Gasteiger partial charge in [0.05, 0.1) is 0 Å². The molecule has 1 aliphatic carbocycles. The van der Waals surface area contributed by atoms with E-state index in [9.17, 15) is 4.79 Å². The summed E-state index contributed by atoms with van der Waals surface area (Å²) in [5.41, 5.74) is 2.05. The predicted molar refractivity (Wildman–Crippen MR) is 123 cm³/mol. The molecule has 0 spiro atoms. The summed E-state index contributed by atoms with van der Waals surface area (Å²) < 4.78 is 0. The van der Waals surface area contributed by atoms with Crippen LogP contribution in [0.5, 0.6) is 0 Å². The Morgan fingerprint density at radius 3 is 2.56 bits per heavy atom. The largest absolute Gasteiger partial charge is 0.352 e. The van der Waals surface area contributed by atoms with Crippen LogP contribution in [0.1, 0.15) is 51.0 Å². The van der Waals surface area contributed by atoms with E-state index < -0.39 is 0 Å². The van der Waals surface area contributed by atoms with Crippen LogP contribution in [0.2, 0.25) is 0 Å². The van der Waals surface area contributed by atoms with Gasteiger partial charge in [-0.2, -0.15) is 0 Å². The molecule has 5 nitrogen and oxygen atoms in total. The van der Waals surface area contributed by atoms with Crippen LogP contribution in [-0.2, 0) is 11.3 Å². The molecule has 3 rings (SSSR count). The number of guanidine groups is 1. The fourth-order valence-corrected chi connectivity index (χ4v) is 3.93. The Bertz CT molecular complexity index is 635. The molecule has 150 valence electrons. The maximum atomic E-state index is 12.3. The second kappa shape index (κ2) is 10.9. The van der Waals surface area contributed by atoms with Gasteiger partial charge in [-0.15, -0.1) is 24.0 Å². The highest BCUT2D eigenvalue weighted by Gasteiger charge is 2.22. The average Bonchev–Trinajstić information content (AvgIpc) is 3.19. The first-order valence-electron chi connectivity index (χ1n) is 10.0. The minimum Gasteiger partial charge on any atom is -0.352 e. The third kappa shape index (κ3) is 6.36. The average molecular weight is 484 g/mol. The maximum absolute atomic E-state index is 12.3. The third-order valence-electron chi connectivity index (χ3n) is 5.67. The molecule has 1 heterocycles. The molecule has 2 N–H and O–H groups in total. The number of benzene rings is 1. The first-order chi connectivity index (χ1) is 12.7. The van der Waals surface area contributed by atoms with E-state index in [1.54, 1.807) is 0 Å². The van der Waals surface area contributed by atoms with Crippen LogP contribution in [0.4, 0.5) is 5.69 Å². The van der Waals surface area contributed by atoms with Gasteiger partial charge in [-0.25, -0.2) is 0 Å². The molecule has 1 aliphatic heterocycles. The zero-order chi connectivity index (χ0) is 18.4. The zero-order valence-electron chi connectivity index (χ0n) is 16.5. The Balaban J connectivity index is 0.00000261. The van der Waals surface area contributed by atoms with Crippen molar-refractivity contribution in [2.45, 2.75) is 52.0 Å². The summed E-state index contributed by atoms with van der Waals surface area (Å²) in [6.45, 7) is 5.17. The lowest BCUT2D eigenvalue weighted by Gasteiger charge is -2.33. The number of anilines is 1. The number of halogens is 1. The Morgan fingerprint density at radius 2 is 1.89 bits per heavy atom. The molecule has 0 atom stereocenters. The second-order valence-electron chi connectivity index (χ2n) is 7.74. The van der Waals surface area contributed by atoms with Crippen LogP contribution >= 0.6 is 24.0 Å². The number of carbonyl (C=O) groups is 1. The number of likely N-dealkylation sites (tertiary alicyclic amines) is 1. The number of aliphatic imine (C=N–C) groups is 1. The van der Waals surface area contributed by atoms with Crippen molar-refractivity contribution in [1.82, 2.24) is 10.2 Å². The molecule has 2 aliphatic rings. The molecule has 1 amide bonds. The normalized spacial score (nSPS) is 18.9. The molecule has 0 bridgehead atoms. The van der Waals surface area contributed by atoms with E-state index in [1.807, 2.05) is 19.2 Å². The monoisotopic (exact) mass is 484 g/mol. The van der Waals surface area contributed by atoms with Gasteiger partial charge in [-0.05, 0) is 49.3 Å². The van der Waals surface area contributed by atoms with Gasteiger partial charge in [0.2, 0.25) is 5.91 Å². The fourth-order valence-electron chi connectivity index (χ4n) is 3.93. The molecular weight excluding hydrogens is 451 g/mol. The Kier molecular flexibility index (Phi) is 8.86. The van der Waals surface area contributed by atoms with Crippen LogP contribution in [-0.4, -0.2) is 36.9 Å². The highest BCUT2D eigenvalue weighted by atomic mass is 127. The minimum absolute atomic E-state index is 0. The molecule has 27 heavy (non-hydrogen) atoms. The predicted octanol–water partition coefficient (Wildman–Crippen LogP) is 4.24. The van der Waals surface area contributed by atoms with Gasteiger partial charge in [0, 0.05) is 38.3 Å². The zero-order valence-corrected chi connectivity index (χ0v) is 18.9. The van der Waals surface area contributed by atoms with Crippen molar-refractivity contribution in [3.63, 3.8) is 0 Å². The summed E-state index contributed by atoms with van der Waals surface area (Å²) >= 11 is 0. The van der Waals surface area contributed by atoms with Crippen LogP contribution in [0.3, 0.4) is 0 Å². The lowest BCUT2D eigenvalue weighted by Crippen LogP contribution is -2.45. The van der Waals surface area contributed by atoms with Gasteiger partial charge in [0.1, 0.15) is 0 Å². The van der Waals surface area contributed by atoms with Gasteiger partial charge in [-0.1, -0.05) is 31.9 Å². The summed E-state index contributed by atoms with van der Waals surface area (Å²) in [4.78, 5) is 19.1. The molecule has 1 saturated carbocycles. The summed E-state index contributed by atoms with van der Waals surface area (Å²) in [5.74, 6) is 2.14. The van der Waals surface area contributed by atoms with E-state index in [1.165, 1.54) is 25.7 Å². The first kappa shape index (κ1) is 22.0. The summed E-state index contributed by atoms with van der Waals surface area (Å²) in [6, 6.07) is 8.12. The van der Waals surface area contributed by atoms with E-state index in [2.05, 4.69) is 39.6 Å². The van der Waals surface area contributed by atoms with E-state index in [-0.39, 0.29) is 35.8 Å². The Morgan fingerprint density at radius 1 is 1.19 bits per heavy atom. The van der Waals surface area contributed by atoms with Gasteiger partial charge in [-0.3, -0.25) is 9.79 Å². The van der Waals surface area contributed by atoms with Crippen molar-refractivity contribution in [2.75, 3.05) is 25.5 Å². The topological polar surface area (TPSA) is 56.7 Å². The number of hydrogen-bond acceptors (Lipinski definition) is 2. The number of nitrogens with zero attached hydrogens (tertiary/aromatic N) is 2.